The molecule has 0 aliphatic carbocycles. The lowest BCUT2D eigenvalue weighted by molar-refractivity contribution is -0.139. The Bertz CT molecular complexity index is 1670. The lowest BCUT2D eigenvalue weighted by Gasteiger charge is -2.36. The topological polar surface area (TPSA) is 126 Å². The van der Waals surface area contributed by atoms with Crippen molar-refractivity contribution in [3.05, 3.63) is 112 Å². The number of carbonyl (C=O) groups is 3. The summed E-state index contributed by atoms with van der Waals surface area (Å²) in [6.45, 7) is 1.49. The number of para-hydroxylation sites is 1. The number of nitriles is 1. The fourth-order valence-electron chi connectivity index (χ4n) is 5.57. The first-order valence-corrected chi connectivity index (χ1v) is 13.0. The molecule has 41 heavy (non-hydrogen) atoms. The number of methoxy groups -OCH3 is 2. The van der Waals surface area contributed by atoms with Crippen molar-refractivity contribution in [2.75, 3.05) is 24.0 Å². The van der Waals surface area contributed by atoms with Gasteiger partial charge in [-0.15, -0.1) is 0 Å². The summed E-state index contributed by atoms with van der Waals surface area (Å²) in [7, 11) is 2.40. The Hall–Kier alpha value is -5.36. The molecule has 0 spiro atoms. The summed E-state index contributed by atoms with van der Waals surface area (Å²) in [5.41, 5.74) is 10.7. The quantitative estimate of drug-likeness (QED) is 0.477. The minimum absolute atomic E-state index is 0.0437. The molecule has 9 heteroatoms. The van der Waals surface area contributed by atoms with Gasteiger partial charge in [0, 0.05) is 12.6 Å². The Morgan fingerprint density at radius 1 is 0.878 bits per heavy atom. The standard InChI is InChI=1S/C32H28N4O5/c1-19(37)35-25-12-8-7-9-20(25)13-14-21-15-16-23(17-26(21)35)36-29(32(39)41-3)28(31(38)40-2)27(24(18-33)30(36)34)22-10-5-4-6-11-22/h4-12,15-17,27H,13-14,34H2,1-3H3. The van der Waals surface area contributed by atoms with Crippen molar-refractivity contribution in [1.82, 2.24) is 0 Å². The molecule has 3 aromatic rings. The molecule has 9 nitrogen and oxygen atoms in total. The number of hydrogen-bond donors (Lipinski definition) is 1. The van der Waals surface area contributed by atoms with Crippen LogP contribution >= 0.6 is 0 Å². The number of fused-ring (bicyclic) bond motifs is 2. The van der Waals surface area contributed by atoms with Gasteiger partial charge in [0.2, 0.25) is 5.91 Å². The molecule has 2 N–H and O–H groups in total. The zero-order chi connectivity index (χ0) is 29.3. The number of esters is 2. The molecule has 1 unspecified atom stereocenters. The van der Waals surface area contributed by atoms with Gasteiger partial charge in [0.15, 0.2) is 0 Å². The van der Waals surface area contributed by atoms with Crippen LogP contribution in [0.4, 0.5) is 17.1 Å². The van der Waals surface area contributed by atoms with Crippen molar-refractivity contribution in [3.63, 3.8) is 0 Å². The van der Waals surface area contributed by atoms with Crippen LogP contribution in [0, 0.1) is 11.3 Å². The van der Waals surface area contributed by atoms with E-state index in [-0.39, 0.29) is 28.6 Å². The number of carbonyl (C=O) groups excluding carboxylic acids is 3. The third-order valence-electron chi connectivity index (χ3n) is 7.39. The number of nitrogens with two attached hydrogens (primary N) is 1. The third-order valence-corrected chi connectivity index (χ3v) is 7.39. The number of ether oxygens (including phenoxy) is 2. The fraction of sp³-hybridized carbons (Fsp3) is 0.188. The molecular weight excluding hydrogens is 520 g/mol. The molecule has 0 saturated carbocycles. The van der Waals surface area contributed by atoms with Crippen LogP contribution in [0.25, 0.3) is 0 Å². The van der Waals surface area contributed by atoms with Crippen LogP contribution in [0.15, 0.2) is 95.5 Å². The van der Waals surface area contributed by atoms with Crippen LogP contribution in [0.3, 0.4) is 0 Å². The highest BCUT2D eigenvalue weighted by atomic mass is 16.5. The van der Waals surface area contributed by atoms with Crippen molar-refractivity contribution >= 4 is 34.9 Å². The van der Waals surface area contributed by atoms with Gasteiger partial charge in [0.05, 0.1) is 48.7 Å². The van der Waals surface area contributed by atoms with Gasteiger partial charge in [-0.2, -0.15) is 5.26 Å². The number of nitrogens with zero attached hydrogens (tertiary/aromatic N) is 3. The van der Waals surface area contributed by atoms with Crippen LogP contribution in [-0.4, -0.2) is 32.1 Å². The minimum atomic E-state index is -0.972. The number of amides is 1. The zero-order valence-corrected chi connectivity index (χ0v) is 22.9. The summed E-state index contributed by atoms with van der Waals surface area (Å²) in [6, 6.07) is 24.0. The molecule has 2 aliphatic rings. The van der Waals surface area contributed by atoms with Gasteiger partial charge in [0.1, 0.15) is 11.5 Å². The van der Waals surface area contributed by atoms with Gasteiger partial charge in [-0.3, -0.25) is 14.6 Å². The molecule has 0 fully saturated rings. The largest absolute Gasteiger partial charge is 0.466 e. The van der Waals surface area contributed by atoms with E-state index >= 15 is 0 Å². The first kappa shape index (κ1) is 27.2. The van der Waals surface area contributed by atoms with Crippen molar-refractivity contribution in [2.45, 2.75) is 25.7 Å². The number of anilines is 3. The van der Waals surface area contributed by atoms with Crippen LogP contribution in [0.1, 0.15) is 29.5 Å². The molecule has 0 aromatic heterocycles. The van der Waals surface area contributed by atoms with E-state index in [2.05, 4.69) is 6.07 Å². The van der Waals surface area contributed by atoms with Gasteiger partial charge >= 0.3 is 11.9 Å². The normalized spacial score (nSPS) is 16.3. The maximum Gasteiger partial charge on any atom is 0.355 e. The number of rotatable bonds is 4. The molecule has 3 aromatic carbocycles. The molecule has 0 saturated heterocycles. The van der Waals surface area contributed by atoms with E-state index in [1.807, 2.05) is 30.3 Å². The molecule has 2 aliphatic heterocycles. The summed E-state index contributed by atoms with van der Waals surface area (Å²) in [6.07, 6.45) is 1.41. The Labute approximate surface area is 237 Å². The maximum absolute atomic E-state index is 13.4. The van der Waals surface area contributed by atoms with E-state index < -0.39 is 17.9 Å². The minimum Gasteiger partial charge on any atom is -0.466 e. The third kappa shape index (κ3) is 4.59. The monoisotopic (exact) mass is 548 g/mol. The second-order valence-electron chi connectivity index (χ2n) is 9.63. The molecule has 0 bridgehead atoms. The van der Waals surface area contributed by atoms with Crippen LogP contribution in [0.5, 0.6) is 0 Å². The highest BCUT2D eigenvalue weighted by Gasteiger charge is 2.43. The maximum atomic E-state index is 13.4. The SMILES string of the molecule is COC(=O)C1=C(C(=O)OC)N(c2ccc3c(c2)N(C(C)=O)c2ccccc2CC3)C(N)=C(C#N)C1c1ccccc1. The highest BCUT2D eigenvalue weighted by Crippen LogP contribution is 2.45. The van der Waals surface area contributed by atoms with Crippen molar-refractivity contribution in [3.8, 4) is 6.07 Å². The Morgan fingerprint density at radius 2 is 1.51 bits per heavy atom. The highest BCUT2D eigenvalue weighted by molar-refractivity contribution is 6.07. The van der Waals surface area contributed by atoms with E-state index in [1.165, 1.54) is 26.0 Å². The molecule has 2 heterocycles. The first-order valence-electron chi connectivity index (χ1n) is 13.0. The van der Waals surface area contributed by atoms with E-state index in [0.29, 0.717) is 23.4 Å². The van der Waals surface area contributed by atoms with Gasteiger partial charge in [0.25, 0.3) is 0 Å². The summed E-state index contributed by atoms with van der Waals surface area (Å²) >= 11 is 0. The first-order chi connectivity index (χ1) is 19.8. The second-order valence-corrected chi connectivity index (χ2v) is 9.63. The van der Waals surface area contributed by atoms with Crippen LogP contribution < -0.4 is 15.5 Å². The van der Waals surface area contributed by atoms with E-state index in [4.69, 9.17) is 15.2 Å². The van der Waals surface area contributed by atoms with E-state index in [0.717, 1.165) is 23.2 Å². The fourth-order valence-corrected chi connectivity index (χ4v) is 5.57. The zero-order valence-electron chi connectivity index (χ0n) is 22.9. The average molecular weight is 549 g/mol. The summed E-state index contributed by atoms with van der Waals surface area (Å²) in [5.74, 6) is -2.85. The molecule has 5 rings (SSSR count). The molecule has 1 atom stereocenters. The number of hydrogen-bond acceptors (Lipinski definition) is 8. The number of benzene rings is 3. The molecule has 0 radical (unpaired) electrons. The lowest BCUT2D eigenvalue weighted by atomic mass is 9.81. The van der Waals surface area contributed by atoms with E-state index in [1.54, 1.807) is 47.4 Å². The van der Waals surface area contributed by atoms with Crippen LogP contribution in [0.2, 0.25) is 0 Å². The lowest BCUT2D eigenvalue weighted by Crippen LogP contribution is -2.40. The molecule has 206 valence electrons. The van der Waals surface area contributed by atoms with E-state index in [9.17, 15) is 19.6 Å². The number of allylic oxidation sites excluding steroid dienone is 1. The molecule has 1 amide bonds. The van der Waals surface area contributed by atoms with Gasteiger partial charge < -0.3 is 15.2 Å². The van der Waals surface area contributed by atoms with Crippen LogP contribution in [-0.2, 0) is 36.7 Å². The Kier molecular flexibility index (Phi) is 7.32. The molecular formula is C32H28N4O5. The van der Waals surface area contributed by atoms with Gasteiger partial charge in [-0.1, -0.05) is 54.6 Å². The van der Waals surface area contributed by atoms with Crippen molar-refractivity contribution in [2.24, 2.45) is 5.73 Å². The second kappa shape index (κ2) is 11.0. The summed E-state index contributed by atoms with van der Waals surface area (Å²) < 4.78 is 10.3. The predicted molar refractivity (Wildman–Crippen MR) is 153 cm³/mol. The predicted octanol–water partition coefficient (Wildman–Crippen LogP) is 4.37. The van der Waals surface area contributed by atoms with Gasteiger partial charge in [-0.05, 0) is 47.7 Å². The smallest absolute Gasteiger partial charge is 0.355 e. The van der Waals surface area contributed by atoms with Crippen molar-refractivity contribution in [1.29, 1.82) is 5.26 Å². The Balaban J connectivity index is 1.79. The average Bonchev–Trinajstić information content (AvgIpc) is 3.16. The summed E-state index contributed by atoms with van der Waals surface area (Å²) in [4.78, 5) is 42.8. The Morgan fingerprint density at radius 3 is 2.15 bits per heavy atom. The van der Waals surface area contributed by atoms with Gasteiger partial charge in [-0.25, -0.2) is 9.59 Å². The summed E-state index contributed by atoms with van der Waals surface area (Å²) in [5, 5.41) is 10.3. The van der Waals surface area contributed by atoms with Crippen molar-refractivity contribution < 1.29 is 23.9 Å². The number of aryl methyl sites for hydroxylation is 2.